The summed E-state index contributed by atoms with van der Waals surface area (Å²) in [5.74, 6) is 0. The van der Waals surface area contributed by atoms with Crippen LogP contribution in [-0.2, 0) is 23.7 Å². The van der Waals surface area contributed by atoms with E-state index < -0.39 is 16.6 Å². The molecule has 1 heterocycles. The van der Waals surface area contributed by atoms with Gasteiger partial charge in [-0.3, -0.25) is 9.40 Å². The van der Waals surface area contributed by atoms with Crippen molar-refractivity contribution in [3.8, 4) is 0 Å². The fourth-order valence-electron chi connectivity index (χ4n) is 1.61. The number of sulfonamides is 1. The van der Waals surface area contributed by atoms with E-state index in [-0.39, 0.29) is 20.5 Å². The molecule has 9 heteroatoms. The summed E-state index contributed by atoms with van der Waals surface area (Å²) in [6.07, 6.45) is 2.88. The lowest BCUT2D eigenvalue weighted by molar-refractivity contribution is 0.282. The predicted octanol–water partition coefficient (Wildman–Crippen LogP) is 2.02. The molecule has 2 aromatic rings. The number of hydrogen-bond acceptors (Lipinski definition) is 4. The van der Waals surface area contributed by atoms with Crippen molar-refractivity contribution in [2.75, 3.05) is 4.72 Å². The molecule has 0 amide bonds. The molecule has 20 heavy (non-hydrogen) atoms. The average molecular weight is 336 g/mol. The quantitative estimate of drug-likeness (QED) is 0.895. The molecule has 0 unspecified atom stereocenters. The van der Waals surface area contributed by atoms with Gasteiger partial charge < -0.3 is 5.11 Å². The third-order valence-corrected chi connectivity index (χ3v) is 4.88. The lowest BCUT2D eigenvalue weighted by atomic mass is 10.2. The number of aryl methyl sites for hydroxylation is 1. The van der Waals surface area contributed by atoms with Crippen molar-refractivity contribution in [1.29, 1.82) is 0 Å². The Morgan fingerprint density at radius 1 is 1.40 bits per heavy atom. The Bertz CT molecular complexity index is 743. The van der Waals surface area contributed by atoms with Gasteiger partial charge in [-0.05, 0) is 12.1 Å². The number of aliphatic hydroxyl groups excluding tert-OH is 1. The van der Waals surface area contributed by atoms with Crippen LogP contribution in [0.2, 0.25) is 10.0 Å². The molecule has 0 bridgehead atoms. The maximum Gasteiger partial charge on any atom is 0.263 e. The van der Waals surface area contributed by atoms with Gasteiger partial charge in [-0.15, -0.1) is 0 Å². The van der Waals surface area contributed by atoms with Crippen LogP contribution in [0, 0.1) is 0 Å². The Kier molecular flexibility index (Phi) is 4.24. The standard InChI is InChI=1S/C11H11Cl2N3O3S/c1-16-5-7(4-14-16)15-20(18,19)10-3-2-9(12)8(6-17)11(10)13/h2-5,15,17H,6H2,1H3. The van der Waals surface area contributed by atoms with Gasteiger partial charge in [0.1, 0.15) is 4.90 Å². The lowest BCUT2D eigenvalue weighted by Crippen LogP contribution is -2.14. The van der Waals surface area contributed by atoms with Gasteiger partial charge in [-0.25, -0.2) is 8.42 Å². The summed E-state index contributed by atoms with van der Waals surface area (Å²) in [4.78, 5) is -0.156. The summed E-state index contributed by atoms with van der Waals surface area (Å²) >= 11 is 11.8. The zero-order valence-electron chi connectivity index (χ0n) is 10.3. The number of nitrogens with zero attached hydrogens (tertiary/aromatic N) is 2. The average Bonchev–Trinajstić information content (AvgIpc) is 2.74. The number of aliphatic hydroxyl groups is 1. The number of aromatic nitrogens is 2. The van der Waals surface area contributed by atoms with Crippen LogP contribution in [0.15, 0.2) is 29.4 Å². The molecular formula is C11H11Cl2N3O3S. The minimum absolute atomic E-state index is 0.101. The van der Waals surface area contributed by atoms with E-state index in [9.17, 15) is 13.5 Å². The Morgan fingerprint density at radius 3 is 2.65 bits per heavy atom. The second kappa shape index (κ2) is 5.61. The smallest absolute Gasteiger partial charge is 0.263 e. The Hall–Kier alpha value is -1.28. The van der Waals surface area contributed by atoms with Crippen molar-refractivity contribution in [1.82, 2.24) is 9.78 Å². The van der Waals surface area contributed by atoms with Crippen LogP contribution in [0.5, 0.6) is 0 Å². The van der Waals surface area contributed by atoms with E-state index in [0.29, 0.717) is 5.69 Å². The van der Waals surface area contributed by atoms with Crippen LogP contribution in [0.1, 0.15) is 5.56 Å². The molecule has 108 valence electrons. The molecule has 6 nitrogen and oxygen atoms in total. The number of anilines is 1. The van der Waals surface area contributed by atoms with Gasteiger partial charge in [-0.2, -0.15) is 5.10 Å². The van der Waals surface area contributed by atoms with E-state index in [4.69, 9.17) is 23.2 Å². The maximum atomic E-state index is 12.3. The monoisotopic (exact) mass is 335 g/mol. The van der Waals surface area contributed by atoms with Crippen LogP contribution in [0.25, 0.3) is 0 Å². The van der Waals surface area contributed by atoms with Crippen molar-refractivity contribution in [2.24, 2.45) is 7.05 Å². The van der Waals surface area contributed by atoms with Crippen molar-refractivity contribution < 1.29 is 13.5 Å². The van der Waals surface area contributed by atoms with Gasteiger partial charge >= 0.3 is 0 Å². The van der Waals surface area contributed by atoms with Gasteiger partial charge in [0.25, 0.3) is 10.0 Å². The first-order valence-corrected chi connectivity index (χ1v) is 7.68. The second-order valence-electron chi connectivity index (χ2n) is 4.00. The van der Waals surface area contributed by atoms with E-state index in [1.165, 1.54) is 29.2 Å². The number of halogens is 2. The summed E-state index contributed by atoms with van der Waals surface area (Å²) in [5, 5.41) is 13.2. The summed E-state index contributed by atoms with van der Waals surface area (Å²) in [6, 6.07) is 2.65. The molecule has 1 aromatic heterocycles. The fourth-order valence-corrected chi connectivity index (χ4v) is 3.54. The van der Waals surface area contributed by atoms with Crippen molar-refractivity contribution >= 4 is 38.9 Å². The van der Waals surface area contributed by atoms with Gasteiger partial charge in [0.15, 0.2) is 0 Å². The van der Waals surface area contributed by atoms with Crippen LogP contribution in [0.3, 0.4) is 0 Å². The van der Waals surface area contributed by atoms with E-state index in [0.717, 1.165) is 0 Å². The summed E-state index contributed by atoms with van der Waals surface area (Å²) in [6.45, 7) is -0.450. The first-order valence-electron chi connectivity index (χ1n) is 5.44. The third-order valence-electron chi connectivity index (χ3n) is 2.56. The maximum absolute atomic E-state index is 12.3. The topological polar surface area (TPSA) is 84.2 Å². The zero-order chi connectivity index (χ0) is 14.9. The highest BCUT2D eigenvalue weighted by molar-refractivity contribution is 7.92. The molecule has 0 atom stereocenters. The highest BCUT2D eigenvalue weighted by atomic mass is 35.5. The summed E-state index contributed by atoms with van der Waals surface area (Å²) in [7, 11) is -2.22. The lowest BCUT2D eigenvalue weighted by Gasteiger charge is -2.11. The van der Waals surface area contributed by atoms with Gasteiger partial charge in [0.2, 0.25) is 0 Å². The minimum atomic E-state index is -3.89. The van der Waals surface area contributed by atoms with Crippen LogP contribution >= 0.6 is 23.2 Å². The van der Waals surface area contributed by atoms with Gasteiger partial charge in [0.05, 0.1) is 23.5 Å². The molecule has 0 spiro atoms. The van der Waals surface area contributed by atoms with Crippen LogP contribution in [0.4, 0.5) is 5.69 Å². The first kappa shape index (κ1) is 15.1. The van der Waals surface area contributed by atoms with E-state index >= 15 is 0 Å². The number of rotatable bonds is 4. The molecule has 0 saturated heterocycles. The normalized spacial score (nSPS) is 11.6. The van der Waals surface area contributed by atoms with Crippen LogP contribution < -0.4 is 4.72 Å². The highest BCUT2D eigenvalue weighted by Crippen LogP contribution is 2.31. The Balaban J connectivity index is 2.44. The van der Waals surface area contributed by atoms with Gasteiger partial charge in [-0.1, -0.05) is 23.2 Å². The Morgan fingerprint density at radius 2 is 2.10 bits per heavy atom. The number of hydrogen-bond donors (Lipinski definition) is 2. The highest BCUT2D eigenvalue weighted by Gasteiger charge is 2.22. The Labute approximate surface area is 126 Å². The van der Waals surface area contributed by atoms with Crippen molar-refractivity contribution in [2.45, 2.75) is 11.5 Å². The molecule has 0 fully saturated rings. The molecule has 0 radical (unpaired) electrons. The summed E-state index contributed by atoms with van der Waals surface area (Å²) in [5.41, 5.74) is 0.478. The zero-order valence-corrected chi connectivity index (χ0v) is 12.7. The molecule has 0 aliphatic heterocycles. The van der Waals surface area contributed by atoms with Crippen LogP contribution in [-0.4, -0.2) is 23.3 Å². The fraction of sp³-hybridized carbons (Fsp3) is 0.182. The third kappa shape index (κ3) is 2.90. The van der Waals surface area contributed by atoms with E-state index in [1.54, 1.807) is 7.05 Å². The van der Waals surface area contributed by atoms with Gasteiger partial charge in [0, 0.05) is 23.8 Å². The summed E-state index contributed by atoms with van der Waals surface area (Å²) < 4.78 is 28.3. The molecule has 2 N–H and O–H groups in total. The molecule has 1 aromatic carbocycles. The minimum Gasteiger partial charge on any atom is -0.392 e. The van der Waals surface area contributed by atoms with E-state index in [1.807, 2.05) is 0 Å². The number of benzene rings is 1. The molecule has 0 aliphatic rings. The SMILES string of the molecule is Cn1cc(NS(=O)(=O)c2ccc(Cl)c(CO)c2Cl)cn1. The first-order chi connectivity index (χ1) is 9.35. The molecule has 0 saturated carbocycles. The molecular weight excluding hydrogens is 325 g/mol. The molecule has 0 aliphatic carbocycles. The molecule has 2 rings (SSSR count). The van der Waals surface area contributed by atoms with E-state index in [2.05, 4.69) is 9.82 Å². The van der Waals surface area contributed by atoms with Crippen molar-refractivity contribution in [3.63, 3.8) is 0 Å². The largest absolute Gasteiger partial charge is 0.392 e. The van der Waals surface area contributed by atoms with Crippen molar-refractivity contribution in [3.05, 3.63) is 40.1 Å². The number of nitrogens with one attached hydrogen (secondary N) is 1. The predicted molar refractivity (Wildman–Crippen MR) is 76.4 cm³/mol. The second-order valence-corrected chi connectivity index (χ2v) is 6.44.